The van der Waals surface area contributed by atoms with Gasteiger partial charge in [-0.25, -0.2) is 0 Å². The van der Waals surface area contributed by atoms with Crippen molar-refractivity contribution in [3.05, 3.63) is 29.8 Å². The highest BCUT2D eigenvalue weighted by molar-refractivity contribution is 7.75. The number of nitrogens with zero attached hydrogens (tertiary/aromatic N) is 1. The van der Waals surface area contributed by atoms with Crippen molar-refractivity contribution in [1.29, 1.82) is 0 Å². The van der Waals surface area contributed by atoms with E-state index in [2.05, 4.69) is 4.28 Å². The van der Waals surface area contributed by atoms with Gasteiger partial charge in [0.1, 0.15) is 5.75 Å². The maximum atomic E-state index is 11.5. The number of carbonyl (C=O) groups is 2. The van der Waals surface area contributed by atoms with Gasteiger partial charge in [0.2, 0.25) is 0 Å². The maximum absolute atomic E-state index is 11.5. The van der Waals surface area contributed by atoms with Gasteiger partial charge < -0.3 is 4.18 Å². The summed E-state index contributed by atoms with van der Waals surface area (Å²) in [5.41, 5.74) is 1.03. The molecule has 7 heteroatoms. The number of rotatable bonds is 4. The predicted molar refractivity (Wildman–Crippen MR) is 62.1 cm³/mol. The summed E-state index contributed by atoms with van der Waals surface area (Å²) in [6.45, 7) is 1.90. The van der Waals surface area contributed by atoms with E-state index >= 15 is 0 Å². The highest BCUT2D eigenvalue weighted by Crippen LogP contribution is 2.16. The quantitative estimate of drug-likeness (QED) is 0.763. The summed E-state index contributed by atoms with van der Waals surface area (Å²) in [6, 6.07) is 6.78. The molecule has 1 aromatic rings. The second-order valence-corrected chi connectivity index (χ2v) is 4.48. The molecule has 1 atom stereocenters. The smallest absolute Gasteiger partial charge is 0.379 e. The van der Waals surface area contributed by atoms with Crippen LogP contribution in [-0.4, -0.2) is 21.1 Å². The first kappa shape index (κ1) is 12.7. The molecule has 1 fully saturated rings. The van der Waals surface area contributed by atoms with Crippen molar-refractivity contribution in [3.63, 3.8) is 0 Å². The highest BCUT2D eigenvalue weighted by atomic mass is 32.2. The summed E-state index contributed by atoms with van der Waals surface area (Å²) in [5, 5.41) is 0.490. The van der Waals surface area contributed by atoms with Gasteiger partial charge in [-0.3, -0.25) is 9.59 Å². The molecular weight excluding hydrogens is 258 g/mol. The monoisotopic (exact) mass is 269 g/mol. The van der Waals surface area contributed by atoms with Crippen molar-refractivity contribution < 1.29 is 22.3 Å². The second kappa shape index (κ2) is 5.28. The number of imide groups is 1. The van der Waals surface area contributed by atoms with Crippen LogP contribution in [0, 0.1) is 6.92 Å². The molecule has 1 saturated heterocycles. The zero-order valence-corrected chi connectivity index (χ0v) is 10.4. The average molecular weight is 269 g/mol. The van der Waals surface area contributed by atoms with Crippen LogP contribution in [0.1, 0.15) is 18.4 Å². The molecule has 2 rings (SSSR count). The molecule has 0 spiro atoms. The third kappa shape index (κ3) is 2.93. The van der Waals surface area contributed by atoms with Crippen LogP contribution in [0.2, 0.25) is 0 Å². The van der Waals surface area contributed by atoms with Crippen LogP contribution in [0.15, 0.2) is 24.3 Å². The zero-order chi connectivity index (χ0) is 13.1. The Morgan fingerprint density at radius 2 is 1.67 bits per heavy atom. The molecule has 1 aromatic carbocycles. The van der Waals surface area contributed by atoms with Crippen LogP contribution in [0.3, 0.4) is 0 Å². The van der Waals surface area contributed by atoms with Crippen LogP contribution in [0.25, 0.3) is 0 Å². The molecule has 0 radical (unpaired) electrons. The lowest BCUT2D eigenvalue weighted by molar-refractivity contribution is -0.163. The van der Waals surface area contributed by atoms with E-state index in [-0.39, 0.29) is 12.8 Å². The lowest BCUT2D eigenvalue weighted by Gasteiger charge is -2.11. The zero-order valence-electron chi connectivity index (χ0n) is 9.62. The molecule has 6 nitrogen and oxygen atoms in total. The largest absolute Gasteiger partial charge is 0.383 e. The van der Waals surface area contributed by atoms with Gasteiger partial charge in [0.15, 0.2) is 0 Å². The normalized spacial score (nSPS) is 17.1. The summed E-state index contributed by atoms with van der Waals surface area (Å²) >= 11 is -2.22. The molecule has 96 valence electrons. The maximum Gasteiger partial charge on any atom is 0.383 e. The van der Waals surface area contributed by atoms with E-state index < -0.39 is 23.2 Å². The summed E-state index contributed by atoms with van der Waals surface area (Å²) in [6.07, 6.45) is 0.140. The number of hydroxylamine groups is 2. The minimum Gasteiger partial charge on any atom is -0.379 e. The van der Waals surface area contributed by atoms with E-state index in [1.165, 1.54) is 0 Å². The van der Waals surface area contributed by atoms with Crippen molar-refractivity contribution in [1.82, 2.24) is 5.06 Å². The fourth-order valence-corrected chi connectivity index (χ4v) is 1.97. The Hall–Kier alpha value is -1.73. The first-order valence-electron chi connectivity index (χ1n) is 5.27. The minimum atomic E-state index is -2.22. The van der Waals surface area contributed by atoms with Gasteiger partial charge in [0.25, 0.3) is 11.8 Å². The molecular formula is C11H11NO5S. The van der Waals surface area contributed by atoms with Gasteiger partial charge in [-0.05, 0) is 19.1 Å². The average Bonchev–Trinajstić information content (AvgIpc) is 2.64. The molecule has 18 heavy (non-hydrogen) atoms. The first-order chi connectivity index (χ1) is 8.56. The van der Waals surface area contributed by atoms with Gasteiger partial charge in [-0.15, -0.1) is 9.35 Å². The van der Waals surface area contributed by atoms with Crippen LogP contribution in [-0.2, 0) is 25.2 Å². The molecule has 1 aliphatic rings. The summed E-state index contributed by atoms with van der Waals surface area (Å²) in [5.74, 6) is -0.695. The van der Waals surface area contributed by atoms with Crippen molar-refractivity contribution in [3.8, 4) is 5.75 Å². The molecule has 1 unspecified atom stereocenters. The Kier molecular flexibility index (Phi) is 3.73. The number of amides is 2. The fraction of sp³-hybridized carbons (Fsp3) is 0.273. The van der Waals surface area contributed by atoms with Gasteiger partial charge in [-0.1, -0.05) is 17.7 Å². The molecule has 0 N–H and O–H groups in total. The molecule has 1 heterocycles. The number of hydrogen-bond donors (Lipinski definition) is 0. The number of hydrogen-bond acceptors (Lipinski definition) is 5. The van der Waals surface area contributed by atoms with Crippen LogP contribution >= 0.6 is 0 Å². The Labute approximate surface area is 106 Å². The Morgan fingerprint density at radius 3 is 2.22 bits per heavy atom. The molecule has 0 aromatic heterocycles. The summed E-state index contributed by atoms with van der Waals surface area (Å²) in [7, 11) is 0. The predicted octanol–water partition coefficient (Wildman–Crippen LogP) is 1.03. The highest BCUT2D eigenvalue weighted by Gasteiger charge is 2.32. The van der Waals surface area contributed by atoms with Crippen molar-refractivity contribution in [2.24, 2.45) is 0 Å². The van der Waals surface area contributed by atoms with E-state index in [1.807, 2.05) is 6.92 Å². The number of carbonyl (C=O) groups excluding carboxylic acids is 2. The van der Waals surface area contributed by atoms with E-state index in [0.717, 1.165) is 5.56 Å². The fourth-order valence-electron chi connectivity index (χ4n) is 1.39. The topological polar surface area (TPSA) is 72.9 Å². The standard InChI is InChI=1S/C11H11NO5S/c1-8-2-4-9(5-3-8)16-18(15)17-12-10(13)6-7-11(12)14/h2-5H,6-7H2,1H3. The third-order valence-corrected chi connectivity index (χ3v) is 2.93. The lowest BCUT2D eigenvalue weighted by atomic mass is 10.2. The van der Waals surface area contributed by atoms with Crippen LogP contribution < -0.4 is 4.18 Å². The number of benzene rings is 1. The number of aryl methyl sites for hydroxylation is 1. The van der Waals surface area contributed by atoms with Crippen molar-refractivity contribution in [2.45, 2.75) is 19.8 Å². The summed E-state index contributed by atoms with van der Waals surface area (Å²) < 4.78 is 21.1. The molecule has 2 amide bonds. The van der Waals surface area contributed by atoms with Crippen LogP contribution in [0.4, 0.5) is 0 Å². The van der Waals surface area contributed by atoms with Gasteiger partial charge in [0.05, 0.1) is 0 Å². The van der Waals surface area contributed by atoms with E-state index in [4.69, 9.17) is 4.18 Å². The summed E-state index contributed by atoms with van der Waals surface area (Å²) in [4.78, 5) is 22.4. The Morgan fingerprint density at radius 1 is 1.11 bits per heavy atom. The van der Waals surface area contributed by atoms with Gasteiger partial charge in [-0.2, -0.15) is 4.21 Å². The van der Waals surface area contributed by atoms with Crippen LogP contribution in [0.5, 0.6) is 5.75 Å². The lowest BCUT2D eigenvalue weighted by Crippen LogP contribution is -2.31. The van der Waals surface area contributed by atoms with E-state index in [0.29, 0.717) is 10.8 Å². The molecule has 0 bridgehead atoms. The third-order valence-electron chi connectivity index (χ3n) is 2.33. The van der Waals surface area contributed by atoms with Gasteiger partial charge >= 0.3 is 11.4 Å². The second-order valence-electron chi connectivity index (χ2n) is 3.76. The molecule has 0 aliphatic carbocycles. The molecule has 0 saturated carbocycles. The SMILES string of the molecule is Cc1ccc(OS(=O)ON2C(=O)CCC2=O)cc1. The van der Waals surface area contributed by atoms with Crippen molar-refractivity contribution >= 4 is 23.2 Å². The first-order valence-corrected chi connectivity index (χ1v) is 6.27. The van der Waals surface area contributed by atoms with Crippen molar-refractivity contribution in [2.75, 3.05) is 0 Å². The van der Waals surface area contributed by atoms with E-state index in [9.17, 15) is 13.8 Å². The Bertz CT molecular complexity index is 483. The molecule has 1 aliphatic heterocycles. The Balaban J connectivity index is 1.94. The van der Waals surface area contributed by atoms with E-state index in [1.54, 1.807) is 24.3 Å². The minimum absolute atomic E-state index is 0.0700. The van der Waals surface area contributed by atoms with Gasteiger partial charge in [0, 0.05) is 12.8 Å².